The van der Waals surface area contributed by atoms with Gasteiger partial charge in [0.25, 0.3) is 0 Å². The molecule has 0 aromatic carbocycles. The molecule has 0 bridgehead atoms. The van der Waals surface area contributed by atoms with Crippen LogP contribution in [0.1, 0.15) is 80.1 Å². The highest BCUT2D eigenvalue weighted by Gasteiger charge is 2.48. The fraction of sp³-hybridized carbons (Fsp3) is 1.00. The Bertz CT molecular complexity index is 293. The van der Waals surface area contributed by atoms with Gasteiger partial charge in [-0.3, -0.25) is 0 Å². The maximum atomic E-state index is 3.81. The smallest absolute Gasteiger partial charge is 0.00967 e. The third kappa shape index (κ3) is 3.97. The fourth-order valence-corrected chi connectivity index (χ4v) is 3.93. The van der Waals surface area contributed by atoms with Crippen LogP contribution in [0.5, 0.6) is 0 Å². The van der Waals surface area contributed by atoms with Gasteiger partial charge in [-0.15, -0.1) is 0 Å². The lowest BCUT2D eigenvalue weighted by atomic mass is 9.62. The minimum atomic E-state index is 0.267. The maximum absolute atomic E-state index is 3.81. The average Bonchev–Trinajstić information content (AvgIpc) is 3.08. The van der Waals surface area contributed by atoms with Gasteiger partial charge in [0, 0.05) is 12.1 Å². The van der Waals surface area contributed by atoms with Crippen LogP contribution in [-0.2, 0) is 0 Å². The van der Waals surface area contributed by atoms with Crippen LogP contribution in [0.4, 0.5) is 0 Å². The predicted molar refractivity (Wildman–Crippen MR) is 84.3 cm³/mol. The molecule has 1 N–H and O–H groups in total. The Kier molecular flexibility index (Phi) is 4.09. The highest BCUT2D eigenvalue weighted by Crippen LogP contribution is 2.56. The van der Waals surface area contributed by atoms with Gasteiger partial charge in [0.15, 0.2) is 0 Å². The number of hydrogen-bond donors (Lipinski definition) is 1. The zero-order chi connectivity index (χ0) is 14.3. The summed E-state index contributed by atoms with van der Waals surface area (Å²) in [5, 5.41) is 3.81. The molecule has 0 amide bonds. The van der Waals surface area contributed by atoms with Gasteiger partial charge in [0.05, 0.1) is 0 Å². The van der Waals surface area contributed by atoms with Crippen molar-refractivity contribution in [3.05, 3.63) is 0 Å². The third-order valence-electron chi connectivity index (χ3n) is 5.62. The first-order valence-corrected chi connectivity index (χ1v) is 8.37. The second kappa shape index (κ2) is 5.06. The van der Waals surface area contributed by atoms with E-state index in [1.54, 1.807) is 0 Å². The van der Waals surface area contributed by atoms with Gasteiger partial charge in [-0.2, -0.15) is 0 Å². The predicted octanol–water partition coefficient (Wildman–Crippen LogP) is 5.01. The van der Waals surface area contributed by atoms with Crippen LogP contribution in [0, 0.1) is 22.7 Å². The minimum Gasteiger partial charge on any atom is -0.312 e. The number of rotatable bonds is 3. The van der Waals surface area contributed by atoms with Crippen molar-refractivity contribution in [2.24, 2.45) is 22.7 Å². The molecule has 0 spiro atoms. The Balaban J connectivity index is 1.96. The molecule has 1 nitrogen and oxygen atoms in total. The summed E-state index contributed by atoms with van der Waals surface area (Å²) in [4.78, 5) is 0. The second-order valence-electron chi connectivity index (χ2n) is 9.38. The Morgan fingerprint density at radius 2 is 1.42 bits per heavy atom. The topological polar surface area (TPSA) is 12.0 Å². The summed E-state index contributed by atoms with van der Waals surface area (Å²) < 4.78 is 0. The molecule has 0 aromatic heterocycles. The van der Waals surface area contributed by atoms with E-state index < -0.39 is 0 Å². The van der Waals surface area contributed by atoms with Crippen molar-refractivity contribution >= 4 is 0 Å². The molecule has 0 atom stereocenters. The largest absolute Gasteiger partial charge is 0.312 e. The lowest BCUT2D eigenvalue weighted by Gasteiger charge is -2.46. The quantitative estimate of drug-likeness (QED) is 0.756. The summed E-state index contributed by atoms with van der Waals surface area (Å²) >= 11 is 0. The normalized spacial score (nSPS) is 33.5. The zero-order valence-corrected chi connectivity index (χ0v) is 14.1. The van der Waals surface area contributed by atoms with Crippen LogP contribution in [-0.4, -0.2) is 12.1 Å². The molecular formula is C18H35N. The second-order valence-corrected chi connectivity index (χ2v) is 9.38. The van der Waals surface area contributed by atoms with E-state index >= 15 is 0 Å². The first kappa shape index (κ1) is 15.4. The summed E-state index contributed by atoms with van der Waals surface area (Å²) in [6.07, 6.45) is 8.81. The molecule has 0 aromatic rings. The first-order valence-electron chi connectivity index (χ1n) is 8.37. The standard InChI is InChI=1S/C18H35N/c1-16(2,3)14-9-11-18(12-10-14,15-7-8-15)13-19-17(4,5)6/h14-15,19H,7-13H2,1-6H3. The average molecular weight is 265 g/mol. The van der Waals surface area contributed by atoms with Crippen molar-refractivity contribution in [3.8, 4) is 0 Å². The van der Waals surface area contributed by atoms with E-state index in [0.29, 0.717) is 10.8 Å². The van der Waals surface area contributed by atoms with E-state index in [1.807, 2.05) is 0 Å². The highest BCUT2D eigenvalue weighted by molar-refractivity contribution is 5.00. The number of nitrogens with one attached hydrogen (secondary N) is 1. The molecule has 19 heavy (non-hydrogen) atoms. The van der Waals surface area contributed by atoms with Crippen LogP contribution >= 0.6 is 0 Å². The summed E-state index contributed by atoms with van der Waals surface area (Å²) in [6.45, 7) is 15.4. The van der Waals surface area contributed by atoms with Crippen LogP contribution < -0.4 is 5.32 Å². The van der Waals surface area contributed by atoms with Crippen molar-refractivity contribution in [2.75, 3.05) is 6.54 Å². The first-order chi connectivity index (χ1) is 8.62. The van der Waals surface area contributed by atoms with Gasteiger partial charge in [0.1, 0.15) is 0 Å². The summed E-state index contributed by atoms with van der Waals surface area (Å²) in [5.74, 6) is 1.97. The van der Waals surface area contributed by atoms with Crippen LogP contribution in [0.2, 0.25) is 0 Å². The fourth-order valence-electron chi connectivity index (χ4n) is 3.93. The van der Waals surface area contributed by atoms with Gasteiger partial charge in [-0.1, -0.05) is 20.8 Å². The third-order valence-corrected chi connectivity index (χ3v) is 5.62. The molecule has 0 saturated heterocycles. The lowest BCUT2D eigenvalue weighted by molar-refractivity contribution is 0.0646. The molecule has 0 aliphatic heterocycles. The van der Waals surface area contributed by atoms with Gasteiger partial charge < -0.3 is 5.32 Å². The lowest BCUT2D eigenvalue weighted by Crippen LogP contribution is -2.47. The highest BCUT2D eigenvalue weighted by atomic mass is 15.0. The molecule has 112 valence electrons. The summed E-state index contributed by atoms with van der Waals surface area (Å²) in [5.41, 5.74) is 1.41. The molecule has 0 unspecified atom stereocenters. The molecule has 0 heterocycles. The van der Waals surface area contributed by atoms with Crippen LogP contribution in [0.15, 0.2) is 0 Å². The van der Waals surface area contributed by atoms with E-state index in [9.17, 15) is 0 Å². The van der Waals surface area contributed by atoms with E-state index in [2.05, 4.69) is 46.9 Å². The van der Waals surface area contributed by atoms with Gasteiger partial charge >= 0.3 is 0 Å². The Hall–Kier alpha value is -0.0400. The minimum absolute atomic E-state index is 0.267. The molecule has 2 fully saturated rings. The van der Waals surface area contributed by atoms with E-state index in [0.717, 1.165) is 11.8 Å². The molecule has 1 heteroatoms. The van der Waals surface area contributed by atoms with E-state index in [1.165, 1.54) is 45.1 Å². The van der Waals surface area contributed by atoms with Gasteiger partial charge in [-0.25, -0.2) is 0 Å². The van der Waals surface area contributed by atoms with E-state index in [4.69, 9.17) is 0 Å². The van der Waals surface area contributed by atoms with Crippen molar-refractivity contribution in [1.82, 2.24) is 5.32 Å². The van der Waals surface area contributed by atoms with E-state index in [-0.39, 0.29) is 5.54 Å². The van der Waals surface area contributed by atoms with Crippen molar-refractivity contribution in [1.29, 1.82) is 0 Å². The molecule has 2 aliphatic carbocycles. The maximum Gasteiger partial charge on any atom is 0.00967 e. The molecule has 2 aliphatic rings. The Morgan fingerprint density at radius 1 is 0.895 bits per heavy atom. The Labute approximate surface area is 120 Å². The monoisotopic (exact) mass is 265 g/mol. The summed E-state index contributed by atoms with van der Waals surface area (Å²) in [7, 11) is 0. The molecule has 0 radical (unpaired) electrons. The number of hydrogen-bond acceptors (Lipinski definition) is 1. The van der Waals surface area contributed by atoms with Gasteiger partial charge in [0.2, 0.25) is 0 Å². The molecule has 2 saturated carbocycles. The van der Waals surface area contributed by atoms with Crippen LogP contribution in [0.3, 0.4) is 0 Å². The van der Waals surface area contributed by atoms with Crippen molar-refractivity contribution in [3.63, 3.8) is 0 Å². The Morgan fingerprint density at radius 3 is 1.79 bits per heavy atom. The molecule has 2 rings (SSSR count). The zero-order valence-electron chi connectivity index (χ0n) is 14.1. The van der Waals surface area contributed by atoms with Crippen molar-refractivity contribution in [2.45, 2.75) is 85.6 Å². The van der Waals surface area contributed by atoms with Crippen molar-refractivity contribution < 1.29 is 0 Å². The SMILES string of the molecule is CC(C)(C)NCC1(C2CC2)CCC(C(C)(C)C)CC1. The van der Waals surface area contributed by atoms with Gasteiger partial charge in [-0.05, 0) is 82.0 Å². The summed E-state index contributed by atoms with van der Waals surface area (Å²) in [6, 6.07) is 0. The van der Waals surface area contributed by atoms with Crippen LogP contribution in [0.25, 0.3) is 0 Å². The molecular weight excluding hydrogens is 230 g/mol.